The number of carbonyl (C=O) groups excluding carboxylic acids is 1. The summed E-state index contributed by atoms with van der Waals surface area (Å²) in [7, 11) is 0. The predicted molar refractivity (Wildman–Crippen MR) is 116 cm³/mol. The third kappa shape index (κ3) is 7.50. The van der Waals surface area contributed by atoms with Crippen molar-refractivity contribution in [1.82, 2.24) is 15.1 Å². The van der Waals surface area contributed by atoms with Gasteiger partial charge in [0.05, 0.1) is 19.8 Å². The quantitative estimate of drug-likeness (QED) is 0.367. The molecule has 2 saturated heterocycles. The Hall–Kier alpha value is -0.220. The van der Waals surface area contributed by atoms with Crippen molar-refractivity contribution in [2.24, 2.45) is 10.9 Å². The zero-order valence-electron chi connectivity index (χ0n) is 15.7. The van der Waals surface area contributed by atoms with E-state index < -0.39 is 0 Å². The number of hydrogen-bond donors (Lipinski definition) is 1. The number of halogens is 1. The maximum absolute atomic E-state index is 12.2. The second kappa shape index (κ2) is 12.2. The number of guanidine groups is 1. The molecular weight excluding hydrogens is 451 g/mol. The molecule has 146 valence electrons. The van der Waals surface area contributed by atoms with Gasteiger partial charge in [0, 0.05) is 50.1 Å². The Morgan fingerprint density at radius 3 is 2.64 bits per heavy atom. The van der Waals surface area contributed by atoms with Crippen LogP contribution in [0, 0.1) is 5.92 Å². The van der Waals surface area contributed by atoms with Crippen LogP contribution in [-0.2, 0) is 9.53 Å². The van der Waals surface area contributed by atoms with Crippen LogP contribution < -0.4 is 5.32 Å². The minimum Gasteiger partial charge on any atom is -0.378 e. The molecule has 2 aliphatic heterocycles. The van der Waals surface area contributed by atoms with Gasteiger partial charge in [-0.2, -0.15) is 11.8 Å². The minimum atomic E-state index is 0. The SMILES string of the molecule is CCNC(=NCCC(=O)N1CCOCC1)N1CCSC(C(C)C)C1.I. The normalized spacial score (nSPS) is 21.9. The zero-order chi connectivity index (χ0) is 17.4. The summed E-state index contributed by atoms with van der Waals surface area (Å²) >= 11 is 2.06. The Bertz CT molecular complexity index is 431. The summed E-state index contributed by atoms with van der Waals surface area (Å²) in [5.41, 5.74) is 0. The summed E-state index contributed by atoms with van der Waals surface area (Å²) in [6.07, 6.45) is 0.477. The average molecular weight is 484 g/mol. The maximum Gasteiger partial charge on any atom is 0.224 e. The third-order valence-corrected chi connectivity index (χ3v) is 5.96. The highest BCUT2D eigenvalue weighted by atomic mass is 127. The molecule has 2 fully saturated rings. The first-order chi connectivity index (χ1) is 11.6. The third-order valence-electron chi connectivity index (χ3n) is 4.42. The number of nitrogens with zero attached hydrogens (tertiary/aromatic N) is 3. The van der Waals surface area contributed by atoms with E-state index in [-0.39, 0.29) is 29.9 Å². The fourth-order valence-corrected chi connectivity index (χ4v) is 4.22. The van der Waals surface area contributed by atoms with Crippen molar-refractivity contribution in [3.05, 3.63) is 0 Å². The van der Waals surface area contributed by atoms with E-state index >= 15 is 0 Å². The van der Waals surface area contributed by atoms with Crippen LogP contribution in [0.4, 0.5) is 0 Å². The number of aliphatic imine (C=N–C) groups is 1. The molecule has 6 nitrogen and oxygen atoms in total. The van der Waals surface area contributed by atoms with Crippen LogP contribution in [0.25, 0.3) is 0 Å². The van der Waals surface area contributed by atoms with Crippen LogP contribution in [0.1, 0.15) is 27.2 Å². The Morgan fingerprint density at radius 2 is 2.00 bits per heavy atom. The van der Waals surface area contributed by atoms with Crippen LogP contribution in [0.2, 0.25) is 0 Å². The lowest BCUT2D eigenvalue weighted by molar-refractivity contribution is -0.135. The molecule has 1 unspecified atom stereocenters. The maximum atomic E-state index is 12.2. The van der Waals surface area contributed by atoms with Gasteiger partial charge in [-0.25, -0.2) is 0 Å². The van der Waals surface area contributed by atoms with Gasteiger partial charge in [0.1, 0.15) is 0 Å². The van der Waals surface area contributed by atoms with Crippen LogP contribution >= 0.6 is 35.7 Å². The number of nitrogens with one attached hydrogen (secondary N) is 1. The smallest absolute Gasteiger partial charge is 0.224 e. The van der Waals surface area contributed by atoms with Crippen molar-refractivity contribution in [2.75, 3.05) is 58.2 Å². The lowest BCUT2D eigenvalue weighted by Crippen LogP contribution is -2.49. The topological polar surface area (TPSA) is 57.2 Å². The van der Waals surface area contributed by atoms with Crippen LogP contribution in [0.5, 0.6) is 0 Å². The van der Waals surface area contributed by atoms with Gasteiger partial charge < -0.3 is 19.9 Å². The molecule has 0 bridgehead atoms. The van der Waals surface area contributed by atoms with Crippen LogP contribution in [-0.4, -0.2) is 85.2 Å². The monoisotopic (exact) mass is 484 g/mol. The van der Waals surface area contributed by atoms with Gasteiger partial charge in [-0.3, -0.25) is 9.79 Å². The lowest BCUT2D eigenvalue weighted by atomic mass is 10.1. The Labute approximate surface area is 173 Å². The number of carbonyl (C=O) groups is 1. The summed E-state index contributed by atoms with van der Waals surface area (Å²) in [5, 5.41) is 4.04. The van der Waals surface area contributed by atoms with E-state index in [0.29, 0.717) is 50.4 Å². The molecule has 0 aromatic heterocycles. The van der Waals surface area contributed by atoms with E-state index in [2.05, 4.69) is 42.7 Å². The summed E-state index contributed by atoms with van der Waals surface area (Å²) in [5.74, 6) is 2.95. The molecule has 25 heavy (non-hydrogen) atoms. The van der Waals surface area contributed by atoms with E-state index in [9.17, 15) is 4.79 Å². The van der Waals surface area contributed by atoms with Gasteiger partial charge >= 0.3 is 0 Å². The molecule has 0 aromatic rings. The van der Waals surface area contributed by atoms with Gasteiger partial charge in [0.15, 0.2) is 5.96 Å². The number of morpholine rings is 1. The highest BCUT2D eigenvalue weighted by Gasteiger charge is 2.25. The van der Waals surface area contributed by atoms with Crippen molar-refractivity contribution in [1.29, 1.82) is 0 Å². The molecule has 2 heterocycles. The first-order valence-corrected chi connectivity index (χ1v) is 10.2. The first-order valence-electron chi connectivity index (χ1n) is 9.12. The standard InChI is InChI=1S/C17H32N4O2S.HI/c1-4-18-17(21-9-12-24-15(13-21)14(2)3)19-6-5-16(22)20-7-10-23-11-8-20;/h14-15H,4-13H2,1-3H3,(H,18,19);1H. The molecule has 8 heteroatoms. The molecule has 2 aliphatic rings. The van der Waals surface area contributed by atoms with Crippen molar-refractivity contribution in [3.8, 4) is 0 Å². The first kappa shape index (κ1) is 22.8. The molecule has 1 N–H and O–H groups in total. The second-order valence-electron chi connectivity index (χ2n) is 6.58. The van der Waals surface area contributed by atoms with Crippen molar-refractivity contribution in [2.45, 2.75) is 32.4 Å². The Morgan fingerprint density at radius 1 is 1.28 bits per heavy atom. The number of thioether (sulfide) groups is 1. The minimum absolute atomic E-state index is 0. The summed E-state index contributed by atoms with van der Waals surface area (Å²) in [6, 6.07) is 0. The molecule has 1 amide bonds. The summed E-state index contributed by atoms with van der Waals surface area (Å²) in [4.78, 5) is 21.2. The number of amides is 1. The van der Waals surface area contributed by atoms with Gasteiger partial charge in [0.2, 0.25) is 5.91 Å². The Kier molecular flexibility index (Phi) is 11.2. The molecule has 2 rings (SSSR count). The zero-order valence-corrected chi connectivity index (χ0v) is 18.8. The fourth-order valence-electron chi connectivity index (χ4n) is 2.93. The van der Waals surface area contributed by atoms with Gasteiger partial charge in [0.25, 0.3) is 0 Å². The second-order valence-corrected chi connectivity index (χ2v) is 7.93. The number of rotatable bonds is 5. The van der Waals surface area contributed by atoms with E-state index in [1.807, 2.05) is 4.90 Å². The van der Waals surface area contributed by atoms with Crippen molar-refractivity contribution >= 4 is 47.6 Å². The van der Waals surface area contributed by atoms with Gasteiger partial charge in [-0.15, -0.1) is 24.0 Å². The molecule has 0 aromatic carbocycles. The predicted octanol–water partition coefficient (Wildman–Crippen LogP) is 1.89. The van der Waals surface area contributed by atoms with E-state index in [1.165, 1.54) is 0 Å². The van der Waals surface area contributed by atoms with E-state index in [1.54, 1.807) is 0 Å². The van der Waals surface area contributed by atoms with Crippen LogP contribution in [0.15, 0.2) is 4.99 Å². The average Bonchev–Trinajstić information content (AvgIpc) is 2.61. The van der Waals surface area contributed by atoms with Gasteiger partial charge in [-0.05, 0) is 12.8 Å². The Balaban J connectivity index is 0.00000312. The largest absolute Gasteiger partial charge is 0.378 e. The molecule has 0 radical (unpaired) electrons. The number of hydrogen-bond acceptors (Lipinski definition) is 4. The number of ether oxygens (including phenoxy) is 1. The fraction of sp³-hybridized carbons (Fsp3) is 0.882. The molecule has 0 saturated carbocycles. The van der Waals surface area contributed by atoms with Crippen molar-refractivity contribution < 1.29 is 9.53 Å². The molecule has 1 atom stereocenters. The molecule has 0 aliphatic carbocycles. The van der Waals surface area contributed by atoms with E-state index in [4.69, 9.17) is 9.73 Å². The summed E-state index contributed by atoms with van der Waals surface area (Å²) < 4.78 is 5.29. The van der Waals surface area contributed by atoms with E-state index in [0.717, 1.165) is 31.3 Å². The van der Waals surface area contributed by atoms with Gasteiger partial charge in [-0.1, -0.05) is 13.8 Å². The summed E-state index contributed by atoms with van der Waals surface area (Å²) in [6.45, 7) is 12.8. The van der Waals surface area contributed by atoms with Crippen LogP contribution in [0.3, 0.4) is 0 Å². The molecular formula is C17H33IN4O2S. The lowest BCUT2D eigenvalue weighted by Gasteiger charge is -2.36. The highest BCUT2D eigenvalue weighted by Crippen LogP contribution is 2.24. The molecule has 0 spiro atoms. The highest BCUT2D eigenvalue weighted by molar-refractivity contribution is 14.0. The van der Waals surface area contributed by atoms with Crippen molar-refractivity contribution in [3.63, 3.8) is 0 Å².